The van der Waals surface area contributed by atoms with Crippen molar-refractivity contribution in [3.05, 3.63) is 65.0 Å². The van der Waals surface area contributed by atoms with E-state index in [1.54, 1.807) is 11.2 Å². The first-order valence-electron chi connectivity index (χ1n) is 9.84. The zero-order valence-corrected chi connectivity index (χ0v) is 16.8. The van der Waals surface area contributed by atoms with Gasteiger partial charge in [0.15, 0.2) is 11.6 Å². The number of hydrogen-bond donors (Lipinski definition) is 1. The molecule has 0 aromatic heterocycles. The molecule has 0 spiro atoms. The van der Waals surface area contributed by atoms with Crippen LogP contribution in [0, 0.1) is 17.5 Å². The molecule has 1 amide bonds. The minimum Gasteiger partial charge on any atom is -0.336 e. The first kappa shape index (κ1) is 22.5. The number of carbonyl (C=O) groups is 2. The average Bonchev–Trinajstić information content (AvgIpc) is 2.92. The van der Waals surface area contributed by atoms with Crippen LogP contribution in [0.3, 0.4) is 0 Å². The summed E-state index contributed by atoms with van der Waals surface area (Å²) in [7, 11) is 0. The lowest BCUT2D eigenvalue weighted by Crippen LogP contribution is -2.38. The summed E-state index contributed by atoms with van der Waals surface area (Å²) in [6.07, 6.45) is 2.12. The van der Waals surface area contributed by atoms with Crippen molar-refractivity contribution in [2.75, 3.05) is 24.5 Å². The third-order valence-electron chi connectivity index (χ3n) is 5.03. The van der Waals surface area contributed by atoms with Gasteiger partial charge in [0, 0.05) is 43.9 Å². The number of nitrogens with zero attached hydrogens (tertiary/aromatic N) is 3. The normalized spacial score (nSPS) is 15.0. The lowest BCUT2D eigenvalue weighted by atomic mass is 10.0. The molecule has 0 saturated carbocycles. The molecule has 0 bridgehead atoms. The molecule has 0 radical (unpaired) electrons. The summed E-state index contributed by atoms with van der Waals surface area (Å²) in [4.78, 5) is 31.0. The number of halogens is 3. The highest BCUT2D eigenvalue weighted by Crippen LogP contribution is 2.24. The van der Waals surface area contributed by atoms with Crippen LogP contribution in [0.2, 0.25) is 0 Å². The van der Waals surface area contributed by atoms with Gasteiger partial charge >= 0.3 is 0 Å². The van der Waals surface area contributed by atoms with Crippen molar-refractivity contribution in [2.45, 2.75) is 25.4 Å². The van der Waals surface area contributed by atoms with Crippen LogP contribution in [0.5, 0.6) is 0 Å². The molecule has 0 saturated heterocycles. The van der Waals surface area contributed by atoms with Crippen molar-refractivity contribution in [2.24, 2.45) is 10.7 Å². The second kappa shape index (κ2) is 10.2. The number of para-hydroxylation sites is 1. The monoisotopic (exact) mass is 432 g/mol. The van der Waals surface area contributed by atoms with Crippen molar-refractivity contribution in [1.82, 2.24) is 4.90 Å². The van der Waals surface area contributed by atoms with Crippen LogP contribution >= 0.6 is 0 Å². The second-order valence-electron chi connectivity index (χ2n) is 7.31. The maximum atomic E-state index is 13.9. The van der Waals surface area contributed by atoms with E-state index in [4.69, 9.17) is 5.73 Å². The minimum absolute atomic E-state index is 0.0523. The molecule has 31 heavy (non-hydrogen) atoms. The Labute approximate surface area is 178 Å². The van der Waals surface area contributed by atoms with Crippen molar-refractivity contribution >= 4 is 24.2 Å². The van der Waals surface area contributed by atoms with E-state index in [-0.39, 0.29) is 30.9 Å². The third kappa shape index (κ3) is 5.69. The van der Waals surface area contributed by atoms with Crippen LogP contribution in [0.15, 0.2) is 41.4 Å². The summed E-state index contributed by atoms with van der Waals surface area (Å²) >= 11 is 0. The van der Waals surface area contributed by atoms with Gasteiger partial charge in [0.05, 0.1) is 12.9 Å². The zero-order valence-electron chi connectivity index (χ0n) is 16.8. The summed E-state index contributed by atoms with van der Waals surface area (Å²) in [5.41, 5.74) is 7.74. The first-order valence-corrected chi connectivity index (χ1v) is 9.84. The van der Waals surface area contributed by atoms with Gasteiger partial charge < -0.3 is 20.3 Å². The van der Waals surface area contributed by atoms with Gasteiger partial charge in [0.25, 0.3) is 0 Å². The summed E-state index contributed by atoms with van der Waals surface area (Å²) < 4.78 is 40.4. The number of aliphatic imine (C=N–C) groups is 1. The van der Waals surface area contributed by atoms with E-state index in [0.29, 0.717) is 32.0 Å². The van der Waals surface area contributed by atoms with Gasteiger partial charge in [-0.15, -0.1) is 0 Å². The standard InChI is InChI=1S/C22H23F3N4O2/c23-18-12-20(25)19(24)10-16(18)9-17(26)11-22(31)28-6-7-29(14-27-5-8-30)21-4-2-1-3-15(21)13-28/h1-4,8,10,12,14,17H,5-7,9,11,13,26H2. The van der Waals surface area contributed by atoms with E-state index in [1.165, 1.54) is 0 Å². The fraction of sp³-hybridized carbons (Fsp3) is 0.318. The van der Waals surface area contributed by atoms with Gasteiger partial charge in [-0.1, -0.05) is 18.2 Å². The molecule has 1 aliphatic heterocycles. The molecule has 2 aromatic rings. The highest BCUT2D eigenvalue weighted by Gasteiger charge is 2.24. The van der Waals surface area contributed by atoms with Gasteiger partial charge in [0.1, 0.15) is 12.1 Å². The number of nitrogens with two attached hydrogens (primary N) is 1. The highest BCUT2D eigenvalue weighted by molar-refractivity contribution is 5.83. The molecule has 1 unspecified atom stereocenters. The van der Waals surface area contributed by atoms with Crippen molar-refractivity contribution in [3.63, 3.8) is 0 Å². The van der Waals surface area contributed by atoms with Gasteiger partial charge in [-0.05, 0) is 29.7 Å². The molecule has 3 rings (SSSR count). The minimum atomic E-state index is -1.27. The van der Waals surface area contributed by atoms with Crippen LogP contribution < -0.4 is 10.6 Å². The number of rotatable bonds is 7. The lowest BCUT2D eigenvalue weighted by Gasteiger charge is -2.23. The lowest BCUT2D eigenvalue weighted by molar-refractivity contribution is -0.132. The van der Waals surface area contributed by atoms with E-state index in [2.05, 4.69) is 4.99 Å². The molecule has 1 aliphatic rings. The number of anilines is 1. The number of benzene rings is 2. The van der Waals surface area contributed by atoms with Gasteiger partial charge in [-0.3, -0.25) is 9.79 Å². The van der Waals surface area contributed by atoms with E-state index < -0.39 is 23.5 Å². The molecule has 9 heteroatoms. The number of aldehydes is 1. The number of carbonyl (C=O) groups excluding carboxylic acids is 2. The van der Waals surface area contributed by atoms with Gasteiger partial charge in [-0.2, -0.15) is 0 Å². The fourth-order valence-corrected chi connectivity index (χ4v) is 3.51. The average molecular weight is 432 g/mol. The Bertz CT molecular complexity index is 983. The third-order valence-corrected chi connectivity index (χ3v) is 5.03. The summed E-state index contributed by atoms with van der Waals surface area (Å²) in [6.45, 7) is 1.28. The topological polar surface area (TPSA) is 79.0 Å². The molecule has 1 heterocycles. The van der Waals surface area contributed by atoms with E-state index >= 15 is 0 Å². The molecule has 2 aromatic carbocycles. The maximum Gasteiger partial charge on any atom is 0.224 e. The first-order chi connectivity index (χ1) is 14.9. The van der Waals surface area contributed by atoms with Crippen LogP contribution in [0.25, 0.3) is 0 Å². The summed E-state index contributed by atoms with van der Waals surface area (Å²) in [5.74, 6) is -3.54. The SMILES string of the molecule is NC(CC(=O)N1CCN(C=NCC=O)c2ccccc2C1)Cc1cc(F)c(F)cc1F. The molecule has 2 N–H and O–H groups in total. The Morgan fingerprint density at radius 2 is 1.87 bits per heavy atom. The van der Waals surface area contributed by atoms with Crippen LogP contribution in [0.4, 0.5) is 18.9 Å². The smallest absolute Gasteiger partial charge is 0.224 e. The maximum absolute atomic E-state index is 13.9. The Morgan fingerprint density at radius 1 is 1.13 bits per heavy atom. The Morgan fingerprint density at radius 3 is 2.65 bits per heavy atom. The van der Waals surface area contributed by atoms with E-state index in [9.17, 15) is 22.8 Å². The predicted molar refractivity (Wildman–Crippen MR) is 111 cm³/mol. The van der Waals surface area contributed by atoms with Crippen molar-refractivity contribution in [1.29, 1.82) is 0 Å². The van der Waals surface area contributed by atoms with Crippen LogP contribution in [-0.2, 0) is 22.6 Å². The van der Waals surface area contributed by atoms with E-state index in [1.807, 2.05) is 29.2 Å². The number of hydrogen-bond acceptors (Lipinski definition) is 4. The number of amides is 1. The van der Waals surface area contributed by atoms with Crippen molar-refractivity contribution < 1.29 is 22.8 Å². The molecule has 1 atom stereocenters. The molecular formula is C22H23F3N4O2. The number of fused-ring (bicyclic) bond motifs is 1. The second-order valence-corrected chi connectivity index (χ2v) is 7.31. The molecule has 0 fully saturated rings. The largest absolute Gasteiger partial charge is 0.336 e. The Balaban J connectivity index is 1.68. The molecular weight excluding hydrogens is 409 g/mol. The van der Waals surface area contributed by atoms with Gasteiger partial charge in [-0.25, -0.2) is 13.2 Å². The zero-order chi connectivity index (χ0) is 22.4. The fourth-order valence-electron chi connectivity index (χ4n) is 3.51. The van der Waals surface area contributed by atoms with Crippen LogP contribution in [0.1, 0.15) is 17.5 Å². The van der Waals surface area contributed by atoms with Gasteiger partial charge in [0.2, 0.25) is 5.91 Å². The Hall–Kier alpha value is -3.20. The quantitative estimate of drug-likeness (QED) is 0.316. The van der Waals surface area contributed by atoms with Crippen molar-refractivity contribution in [3.8, 4) is 0 Å². The van der Waals surface area contributed by atoms with Crippen LogP contribution in [-0.4, -0.2) is 49.1 Å². The summed E-state index contributed by atoms with van der Waals surface area (Å²) in [5, 5.41) is 0. The highest BCUT2D eigenvalue weighted by atomic mass is 19.2. The molecule has 6 nitrogen and oxygen atoms in total. The summed E-state index contributed by atoms with van der Waals surface area (Å²) in [6, 6.07) is 8.05. The molecule has 0 aliphatic carbocycles. The van der Waals surface area contributed by atoms with E-state index in [0.717, 1.165) is 17.3 Å². The molecule has 164 valence electrons. The Kier molecular flexibility index (Phi) is 7.41. The predicted octanol–water partition coefficient (Wildman–Crippen LogP) is 2.44.